The molecule has 1 fully saturated rings. The van der Waals surface area contributed by atoms with Crippen molar-refractivity contribution in [3.05, 3.63) is 24.5 Å². The number of ether oxygens (including phenoxy) is 1. The standard InChI is InChI=1S/C22H30N6O3/c1-13(2)9-14-12-28(8-7-17(14)29)22(30)26-21-24-19-16(15-10-23-27(3)11-15)5-6-18(31-4)20(19)25-21/h5-6,10-11,13-14,17,29H,7-9,12H2,1-4H3,(H2,24,25,26,30). The van der Waals surface area contributed by atoms with E-state index in [9.17, 15) is 9.90 Å². The maximum Gasteiger partial charge on any atom is 0.324 e. The van der Waals surface area contributed by atoms with E-state index in [-0.39, 0.29) is 18.1 Å². The van der Waals surface area contributed by atoms with Crippen LogP contribution in [0.15, 0.2) is 24.5 Å². The summed E-state index contributed by atoms with van der Waals surface area (Å²) in [5, 5.41) is 17.4. The first-order valence-corrected chi connectivity index (χ1v) is 10.7. The number of nitrogens with one attached hydrogen (secondary N) is 2. The molecule has 1 aliphatic rings. The van der Waals surface area contributed by atoms with E-state index in [2.05, 4.69) is 34.2 Å². The molecule has 1 saturated heterocycles. The Balaban J connectivity index is 1.58. The van der Waals surface area contributed by atoms with Crippen molar-refractivity contribution >= 4 is 23.0 Å². The second kappa shape index (κ2) is 8.58. The molecule has 3 N–H and O–H groups in total. The number of aryl methyl sites for hydroxylation is 1. The number of fused-ring (bicyclic) bond motifs is 1. The van der Waals surface area contributed by atoms with E-state index < -0.39 is 0 Å². The van der Waals surface area contributed by atoms with Crippen LogP contribution in [0.3, 0.4) is 0 Å². The minimum atomic E-state index is -0.357. The lowest BCUT2D eigenvalue weighted by molar-refractivity contribution is 0.0325. The van der Waals surface area contributed by atoms with E-state index in [1.807, 2.05) is 25.4 Å². The number of aliphatic hydroxyl groups is 1. The van der Waals surface area contributed by atoms with Crippen LogP contribution >= 0.6 is 0 Å². The summed E-state index contributed by atoms with van der Waals surface area (Å²) in [5.74, 6) is 1.57. The minimum Gasteiger partial charge on any atom is -0.494 e. The Hall–Kier alpha value is -3.07. The van der Waals surface area contributed by atoms with Crippen molar-refractivity contribution in [1.29, 1.82) is 0 Å². The van der Waals surface area contributed by atoms with Gasteiger partial charge in [0, 0.05) is 43.4 Å². The molecule has 0 bridgehead atoms. The molecule has 2 atom stereocenters. The smallest absolute Gasteiger partial charge is 0.324 e. The second-order valence-corrected chi connectivity index (χ2v) is 8.65. The van der Waals surface area contributed by atoms with E-state index in [0.29, 0.717) is 48.2 Å². The Morgan fingerprint density at radius 3 is 2.90 bits per heavy atom. The van der Waals surface area contributed by atoms with Crippen molar-refractivity contribution in [3.8, 4) is 16.9 Å². The van der Waals surface area contributed by atoms with Crippen LogP contribution in [-0.4, -0.2) is 62.1 Å². The molecule has 2 aromatic heterocycles. The molecular weight excluding hydrogens is 396 g/mol. The van der Waals surface area contributed by atoms with Gasteiger partial charge in [0.25, 0.3) is 0 Å². The lowest BCUT2D eigenvalue weighted by Crippen LogP contribution is -2.48. The summed E-state index contributed by atoms with van der Waals surface area (Å²) in [5.41, 5.74) is 3.25. The number of rotatable bonds is 5. The van der Waals surface area contributed by atoms with Crippen LogP contribution in [0.25, 0.3) is 22.2 Å². The first kappa shape index (κ1) is 21.2. The van der Waals surface area contributed by atoms with E-state index in [1.165, 1.54) is 0 Å². The fourth-order valence-corrected chi connectivity index (χ4v) is 4.31. The predicted octanol–water partition coefficient (Wildman–Crippen LogP) is 3.23. The average molecular weight is 427 g/mol. The highest BCUT2D eigenvalue weighted by atomic mass is 16.5. The summed E-state index contributed by atoms with van der Waals surface area (Å²) in [6.07, 6.45) is 4.82. The number of aromatic amines is 1. The molecule has 2 amide bonds. The molecule has 0 radical (unpaired) electrons. The van der Waals surface area contributed by atoms with Crippen molar-refractivity contribution in [2.75, 3.05) is 25.5 Å². The average Bonchev–Trinajstić information content (AvgIpc) is 3.34. The van der Waals surface area contributed by atoms with Crippen LogP contribution in [0, 0.1) is 11.8 Å². The first-order valence-electron chi connectivity index (χ1n) is 10.7. The van der Waals surface area contributed by atoms with Crippen molar-refractivity contribution in [3.63, 3.8) is 0 Å². The number of carbonyl (C=O) groups is 1. The van der Waals surface area contributed by atoms with Gasteiger partial charge >= 0.3 is 6.03 Å². The van der Waals surface area contributed by atoms with Crippen LogP contribution < -0.4 is 10.1 Å². The predicted molar refractivity (Wildman–Crippen MR) is 119 cm³/mol. The molecule has 9 nitrogen and oxygen atoms in total. The number of carbonyl (C=O) groups excluding carboxylic acids is 1. The maximum absolute atomic E-state index is 12.9. The topological polar surface area (TPSA) is 108 Å². The molecule has 0 saturated carbocycles. The fourth-order valence-electron chi connectivity index (χ4n) is 4.31. The summed E-state index contributed by atoms with van der Waals surface area (Å²) in [6.45, 7) is 5.32. The second-order valence-electron chi connectivity index (χ2n) is 8.65. The molecule has 4 rings (SSSR count). The third-order valence-corrected chi connectivity index (χ3v) is 5.82. The molecule has 0 spiro atoms. The van der Waals surface area contributed by atoms with E-state index in [0.717, 1.165) is 17.5 Å². The Morgan fingerprint density at radius 1 is 1.42 bits per heavy atom. The van der Waals surface area contributed by atoms with Crippen molar-refractivity contribution in [2.45, 2.75) is 32.8 Å². The number of likely N-dealkylation sites (tertiary alicyclic amines) is 1. The molecule has 1 aromatic carbocycles. The van der Waals surface area contributed by atoms with Crippen molar-refractivity contribution in [1.82, 2.24) is 24.6 Å². The number of benzene rings is 1. The van der Waals surface area contributed by atoms with Gasteiger partial charge in [-0.15, -0.1) is 0 Å². The number of aliphatic hydroxyl groups excluding tert-OH is 1. The van der Waals surface area contributed by atoms with E-state index in [1.54, 1.807) is 22.9 Å². The fraction of sp³-hybridized carbons (Fsp3) is 0.500. The molecule has 0 aliphatic carbocycles. The summed E-state index contributed by atoms with van der Waals surface area (Å²) in [7, 11) is 3.47. The normalized spacial score (nSPS) is 19.2. The molecule has 9 heteroatoms. The Bertz CT molecular complexity index is 1070. The number of nitrogens with zero attached hydrogens (tertiary/aromatic N) is 4. The molecule has 166 valence electrons. The van der Waals surface area contributed by atoms with Gasteiger partial charge in [-0.05, 0) is 30.9 Å². The lowest BCUT2D eigenvalue weighted by atomic mass is 9.87. The van der Waals surface area contributed by atoms with Gasteiger partial charge in [0.15, 0.2) is 0 Å². The van der Waals surface area contributed by atoms with Crippen LogP contribution in [0.5, 0.6) is 5.75 Å². The summed E-state index contributed by atoms with van der Waals surface area (Å²) in [4.78, 5) is 22.5. The van der Waals surface area contributed by atoms with Gasteiger partial charge in [-0.25, -0.2) is 9.78 Å². The number of piperidine rings is 1. The Kier molecular flexibility index (Phi) is 5.86. The van der Waals surface area contributed by atoms with Gasteiger partial charge < -0.3 is 19.7 Å². The number of amides is 2. The van der Waals surface area contributed by atoms with Gasteiger partial charge in [-0.2, -0.15) is 5.10 Å². The lowest BCUT2D eigenvalue weighted by Gasteiger charge is -2.36. The maximum atomic E-state index is 12.9. The molecular formula is C22H30N6O3. The van der Waals surface area contributed by atoms with Crippen LogP contribution in [0.4, 0.5) is 10.7 Å². The highest BCUT2D eigenvalue weighted by Crippen LogP contribution is 2.34. The number of imidazole rings is 1. The Labute approximate surface area is 181 Å². The number of H-pyrrole nitrogens is 1. The monoisotopic (exact) mass is 426 g/mol. The van der Waals surface area contributed by atoms with E-state index in [4.69, 9.17) is 4.74 Å². The SMILES string of the molecule is COc1ccc(-c2cnn(C)c2)c2nc(NC(=O)N3CCC(O)C(CC(C)C)C3)[nH]c12. The number of hydrogen-bond donors (Lipinski definition) is 3. The zero-order valence-electron chi connectivity index (χ0n) is 18.4. The van der Waals surface area contributed by atoms with Crippen molar-refractivity contribution < 1.29 is 14.6 Å². The van der Waals surface area contributed by atoms with Gasteiger partial charge in [-0.1, -0.05) is 13.8 Å². The third kappa shape index (κ3) is 4.36. The van der Waals surface area contributed by atoms with Gasteiger partial charge in [-0.3, -0.25) is 10.00 Å². The largest absolute Gasteiger partial charge is 0.494 e. The molecule has 3 aromatic rings. The Morgan fingerprint density at radius 2 is 2.23 bits per heavy atom. The highest BCUT2D eigenvalue weighted by molar-refractivity contribution is 5.98. The molecule has 2 unspecified atom stereocenters. The van der Waals surface area contributed by atoms with Gasteiger partial charge in [0.1, 0.15) is 16.8 Å². The van der Waals surface area contributed by atoms with Crippen LogP contribution in [-0.2, 0) is 7.05 Å². The zero-order chi connectivity index (χ0) is 22.1. The van der Waals surface area contributed by atoms with Crippen LogP contribution in [0.2, 0.25) is 0 Å². The first-order chi connectivity index (χ1) is 14.9. The number of methoxy groups -OCH3 is 1. The number of urea groups is 1. The quantitative estimate of drug-likeness (QED) is 0.580. The number of aromatic nitrogens is 4. The summed E-state index contributed by atoms with van der Waals surface area (Å²) >= 11 is 0. The van der Waals surface area contributed by atoms with Crippen LogP contribution in [0.1, 0.15) is 26.7 Å². The number of hydrogen-bond acceptors (Lipinski definition) is 5. The van der Waals surface area contributed by atoms with Gasteiger partial charge in [0.2, 0.25) is 5.95 Å². The summed E-state index contributed by atoms with van der Waals surface area (Å²) in [6, 6.07) is 3.59. The highest BCUT2D eigenvalue weighted by Gasteiger charge is 2.31. The zero-order valence-corrected chi connectivity index (χ0v) is 18.4. The van der Waals surface area contributed by atoms with Crippen molar-refractivity contribution in [2.24, 2.45) is 18.9 Å². The summed E-state index contributed by atoms with van der Waals surface area (Å²) < 4.78 is 7.21. The number of anilines is 1. The van der Waals surface area contributed by atoms with E-state index >= 15 is 0 Å². The third-order valence-electron chi connectivity index (χ3n) is 5.82. The molecule has 31 heavy (non-hydrogen) atoms. The minimum absolute atomic E-state index is 0.0902. The molecule has 1 aliphatic heterocycles. The molecule has 3 heterocycles. The van der Waals surface area contributed by atoms with Gasteiger partial charge in [0.05, 0.1) is 19.4 Å².